The highest BCUT2D eigenvalue weighted by Crippen LogP contribution is 2.13. The van der Waals surface area contributed by atoms with Crippen molar-refractivity contribution in [2.24, 2.45) is 0 Å². The smallest absolute Gasteiger partial charge is 0.225 e. The van der Waals surface area contributed by atoms with E-state index in [0.717, 1.165) is 38.4 Å². The molecule has 6 nitrogen and oxygen atoms in total. The number of pyridine rings is 1. The molecule has 2 aromatic rings. The van der Waals surface area contributed by atoms with Crippen molar-refractivity contribution < 1.29 is 9.13 Å². The van der Waals surface area contributed by atoms with Crippen LogP contribution in [-0.4, -0.2) is 53.1 Å². The molecule has 0 saturated carbocycles. The maximum Gasteiger partial charge on any atom is 0.225 e. The van der Waals surface area contributed by atoms with E-state index in [2.05, 4.69) is 24.8 Å². The lowest BCUT2D eigenvalue weighted by atomic mass is 10.2. The van der Waals surface area contributed by atoms with Crippen molar-refractivity contribution in [1.82, 2.24) is 19.9 Å². The number of hydrogen-bond donors (Lipinski definition) is 0. The van der Waals surface area contributed by atoms with Gasteiger partial charge in [-0.3, -0.25) is 4.90 Å². The van der Waals surface area contributed by atoms with Crippen LogP contribution < -0.4 is 9.64 Å². The Morgan fingerprint density at radius 1 is 1.14 bits per heavy atom. The molecule has 3 heterocycles. The van der Waals surface area contributed by atoms with E-state index in [-0.39, 0.29) is 0 Å². The molecule has 116 valence electrons. The van der Waals surface area contributed by atoms with Crippen LogP contribution in [0.4, 0.5) is 10.3 Å². The Hall–Kier alpha value is -2.28. The molecule has 1 fully saturated rings. The van der Waals surface area contributed by atoms with E-state index in [9.17, 15) is 4.39 Å². The molecule has 1 aliphatic rings. The fourth-order valence-corrected chi connectivity index (χ4v) is 2.46. The average molecular weight is 303 g/mol. The number of aromatic nitrogens is 3. The van der Waals surface area contributed by atoms with Gasteiger partial charge in [-0.1, -0.05) is 6.07 Å². The SMILES string of the molecule is COc1cccc(CN2CCN(c3ncc(F)cn3)CC2)n1. The molecule has 0 aliphatic carbocycles. The van der Waals surface area contributed by atoms with Gasteiger partial charge in [0.05, 0.1) is 25.2 Å². The van der Waals surface area contributed by atoms with Gasteiger partial charge < -0.3 is 9.64 Å². The molecule has 0 aromatic carbocycles. The summed E-state index contributed by atoms with van der Waals surface area (Å²) in [5.74, 6) is 0.808. The van der Waals surface area contributed by atoms with Gasteiger partial charge in [0.15, 0.2) is 5.82 Å². The Bertz CT molecular complexity index is 614. The zero-order valence-corrected chi connectivity index (χ0v) is 12.4. The number of methoxy groups -OCH3 is 1. The average Bonchev–Trinajstić information content (AvgIpc) is 2.57. The minimum absolute atomic E-state index is 0.411. The second-order valence-corrected chi connectivity index (χ2v) is 5.14. The molecule has 0 amide bonds. The standard InChI is InChI=1S/C15H18FN5O/c1-22-14-4-2-3-13(19-14)11-20-5-7-21(8-6-20)15-17-9-12(16)10-18-15/h2-4,9-10H,5-8,11H2,1H3. The van der Waals surface area contributed by atoms with Crippen LogP contribution in [0.3, 0.4) is 0 Å². The molecule has 7 heteroatoms. The number of anilines is 1. The lowest BCUT2D eigenvalue weighted by Crippen LogP contribution is -2.46. The van der Waals surface area contributed by atoms with Crippen LogP contribution >= 0.6 is 0 Å². The third kappa shape index (κ3) is 3.48. The highest BCUT2D eigenvalue weighted by molar-refractivity contribution is 5.29. The molecule has 22 heavy (non-hydrogen) atoms. The molecule has 0 N–H and O–H groups in total. The van der Waals surface area contributed by atoms with Crippen LogP contribution in [0, 0.1) is 5.82 Å². The van der Waals surface area contributed by atoms with Gasteiger partial charge in [-0.15, -0.1) is 0 Å². The number of nitrogens with zero attached hydrogens (tertiary/aromatic N) is 5. The molecule has 0 spiro atoms. The first-order chi connectivity index (χ1) is 10.7. The van der Waals surface area contributed by atoms with E-state index in [0.29, 0.717) is 11.8 Å². The minimum atomic E-state index is -0.411. The predicted molar refractivity (Wildman–Crippen MR) is 80.3 cm³/mol. The van der Waals surface area contributed by atoms with Gasteiger partial charge in [0.2, 0.25) is 11.8 Å². The first-order valence-corrected chi connectivity index (χ1v) is 7.19. The van der Waals surface area contributed by atoms with E-state index in [4.69, 9.17) is 4.74 Å². The summed E-state index contributed by atoms with van der Waals surface area (Å²) in [6.07, 6.45) is 2.41. The predicted octanol–water partition coefficient (Wildman–Crippen LogP) is 1.34. The molecule has 0 unspecified atom stereocenters. The van der Waals surface area contributed by atoms with Crippen LogP contribution in [-0.2, 0) is 6.54 Å². The van der Waals surface area contributed by atoms with Gasteiger partial charge in [0.25, 0.3) is 0 Å². The lowest BCUT2D eigenvalue weighted by molar-refractivity contribution is 0.245. The third-order valence-corrected chi connectivity index (χ3v) is 3.64. The Morgan fingerprint density at radius 2 is 1.86 bits per heavy atom. The number of hydrogen-bond acceptors (Lipinski definition) is 6. The molecule has 1 saturated heterocycles. The van der Waals surface area contributed by atoms with Crippen LogP contribution in [0.15, 0.2) is 30.6 Å². The van der Waals surface area contributed by atoms with Gasteiger partial charge in [-0.05, 0) is 6.07 Å². The van der Waals surface area contributed by atoms with E-state index in [1.165, 1.54) is 12.4 Å². The van der Waals surface area contributed by atoms with E-state index < -0.39 is 5.82 Å². The van der Waals surface area contributed by atoms with Crippen molar-refractivity contribution in [2.75, 3.05) is 38.2 Å². The lowest BCUT2D eigenvalue weighted by Gasteiger charge is -2.34. The van der Waals surface area contributed by atoms with Gasteiger partial charge >= 0.3 is 0 Å². The molecule has 1 aliphatic heterocycles. The normalized spacial score (nSPS) is 15.8. The third-order valence-electron chi connectivity index (χ3n) is 3.64. The zero-order valence-electron chi connectivity index (χ0n) is 12.4. The van der Waals surface area contributed by atoms with Crippen molar-refractivity contribution in [1.29, 1.82) is 0 Å². The summed E-state index contributed by atoms with van der Waals surface area (Å²) in [4.78, 5) is 16.9. The number of piperazine rings is 1. The Morgan fingerprint density at radius 3 is 2.55 bits per heavy atom. The second-order valence-electron chi connectivity index (χ2n) is 5.14. The minimum Gasteiger partial charge on any atom is -0.481 e. The monoisotopic (exact) mass is 303 g/mol. The van der Waals surface area contributed by atoms with Gasteiger partial charge in [-0.2, -0.15) is 0 Å². The summed E-state index contributed by atoms with van der Waals surface area (Å²) in [5.41, 5.74) is 0.992. The number of ether oxygens (including phenoxy) is 1. The fraction of sp³-hybridized carbons (Fsp3) is 0.400. The summed E-state index contributed by atoms with van der Waals surface area (Å²) < 4.78 is 18.0. The van der Waals surface area contributed by atoms with Crippen molar-refractivity contribution in [3.8, 4) is 5.88 Å². The van der Waals surface area contributed by atoms with Crippen molar-refractivity contribution in [3.05, 3.63) is 42.1 Å². The van der Waals surface area contributed by atoms with E-state index in [1.54, 1.807) is 7.11 Å². The van der Waals surface area contributed by atoms with Gasteiger partial charge in [0, 0.05) is 38.8 Å². The molecule has 0 radical (unpaired) electrons. The Kier molecular flexibility index (Phi) is 4.43. The van der Waals surface area contributed by atoms with Crippen molar-refractivity contribution in [3.63, 3.8) is 0 Å². The first kappa shape index (κ1) is 14.6. The summed E-state index contributed by atoms with van der Waals surface area (Å²) in [5, 5.41) is 0. The molecule has 2 aromatic heterocycles. The topological polar surface area (TPSA) is 54.4 Å². The summed E-state index contributed by atoms with van der Waals surface area (Å²) in [7, 11) is 1.62. The first-order valence-electron chi connectivity index (χ1n) is 7.19. The van der Waals surface area contributed by atoms with Crippen molar-refractivity contribution in [2.45, 2.75) is 6.54 Å². The molecular weight excluding hydrogens is 285 g/mol. The van der Waals surface area contributed by atoms with Crippen LogP contribution in [0.1, 0.15) is 5.69 Å². The Labute approximate surface area is 128 Å². The quantitative estimate of drug-likeness (QED) is 0.849. The number of halogens is 1. The van der Waals surface area contributed by atoms with E-state index in [1.807, 2.05) is 18.2 Å². The fourth-order valence-electron chi connectivity index (χ4n) is 2.46. The largest absolute Gasteiger partial charge is 0.481 e. The van der Waals surface area contributed by atoms with Crippen LogP contribution in [0.5, 0.6) is 5.88 Å². The maximum absolute atomic E-state index is 12.9. The van der Waals surface area contributed by atoms with E-state index >= 15 is 0 Å². The van der Waals surface area contributed by atoms with Gasteiger partial charge in [0.1, 0.15) is 0 Å². The summed E-state index contributed by atoms with van der Waals surface area (Å²) in [6, 6.07) is 5.79. The highest BCUT2D eigenvalue weighted by atomic mass is 19.1. The summed E-state index contributed by atoms with van der Waals surface area (Å²) >= 11 is 0. The van der Waals surface area contributed by atoms with Crippen LogP contribution in [0.25, 0.3) is 0 Å². The van der Waals surface area contributed by atoms with Gasteiger partial charge in [-0.25, -0.2) is 19.3 Å². The Balaban J connectivity index is 1.56. The summed E-state index contributed by atoms with van der Waals surface area (Å²) in [6.45, 7) is 4.19. The number of rotatable bonds is 4. The highest BCUT2D eigenvalue weighted by Gasteiger charge is 2.19. The maximum atomic E-state index is 12.9. The molecular formula is C15H18FN5O. The second kappa shape index (κ2) is 6.65. The zero-order chi connectivity index (χ0) is 15.4. The van der Waals surface area contributed by atoms with Crippen LogP contribution in [0.2, 0.25) is 0 Å². The van der Waals surface area contributed by atoms with Crippen molar-refractivity contribution >= 4 is 5.95 Å². The molecule has 0 atom stereocenters. The molecule has 0 bridgehead atoms. The molecule has 3 rings (SSSR count).